The lowest BCUT2D eigenvalue weighted by atomic mass is 9.84. The van der Waals surface area contributed by atoms with Gasteiger partial charge in [-0.2, -0.15) is 0 Å². The molecule has 0 aliphatic carbocycles. The molecule has 1 aromatic rings. The predicted octanol–water partition coefficient (Wildman–Crippen LogP) is 4.02. The van der Waals surface area contributed by atoms with Crippen LogP contribution in [0.5, 0.6) is 5.75 Å². The summed E-state index contributed by atoms with van der Waals surface area (Å²) in [5.74, 6) is -0.709. The van der Waals surface area contributed by atoms with Crippen LogP contribution in [0.2, 0.25) is 0 Å². The van der Waals surface area contributed by atoms with E-state index in [1.54, 1.807) is 7.11 Å². The van der Waals surface area contributed by atoms with Crippen molar-refractivity contribution in [3.63, 3.8) is 0 Å². The van der Waals surface area contributed by atoms with Gasteiger partial charge in [-0.25, -0.2) is 9.59 Å². The number of cyclic esters (lactones) is 1. The highest BCUT2D eigenvalue weighted by Crippen LogP contribution is 2.41. The van der Waals surface area contributed by atoms with Gasteiger partial charge >= 0.3 is 18.0 Å². The molecule has 0 saturated carbocycles. The van der Waals surface area contributed by atoms with Crippen LogP contribution in [-0.2, 0) is 22.6 Å². The number of methoxy groups -OCH3 is 1. The van der Waals surface area contributed by atoms with Gasteiger partial charge in [-0.15, -0.1) is 0 Å². The second kappa shape index (κ2) is 11.1. The number of aliphatic carboxylic acids is 1. The molecule has 0 bridgehead atoms. The third-order valence-corrected chi connectivity index (χ3v) is 7.31. The summed E-state index contributed by atoms with van der Waals surface area (Å²) in [7, 11) is 3.05. The van der Waals surface area contributed by atoms with E-state index in [1.807, 2.05) is 26.8 Å². The monoisotopic (exact) mass is 487 g/mol. The van der Waals surface area contributed by atoms with Crippen molar-refractivity contribution in [3.05, 3.63) is 33.9 Å². The van der Waals surface area contributed by atoms with Gasteiger partial charge in [0, 0.05) is 18.2 Å². The van der Waals surface area contributed by atoms with E-state index in [0.717, 1.165) is 43.5 Å². The molecule has 192 valence electrons. The number of piperidine rings is 1. The fourth-order valence-electron chi connectivity index (χ4n) is 5.32. The minimum atomic E-state index is -0.952. The number of hydrogen-bond acceptors (Lipinski definition) is 6. The maximum atomic E-state index is 12.6. The number of nitrogens with zero attached hydrogens (tertiary/aromatic N) is 1. The Morgan fingerprint density at radius 2 is 1.94 bits per heavy atom. The van der Waals surface area contributed by atoms with E-state index >= 15 is 0 Å². The Kier molecular flexibility index (Phi) is 8.43. The normalized spacial score (nSPS) is 17.9. The molecule has 9 heteroatoms. The average molecular weight is 488 g/mol. The summed E-state index contributed by atoms with van der Waals surface area (Å²) in [6.07, 6.45) is 6.37. The minimum Gasteiger partial charge on any atom is -0.496 e. The number of hydrogen-bond donors (Lipinski definition) is 3. The van der Waals surface area contributed by atoms with Crippen LogP contribution < -0.4 is 15.4 Å². The second-order valence-corrected chi connectivity index (χ2v) is 9.31. The first-order valence-electron chi connectivity index (χ1n) is 12.2. The van der Waals surface area contributed by atoms with E-state index in [1.165, 1.54) is 7.05 Å². The largest absolute Gasteiger partial charge is 0.496 e. The van der Waals surface area contributed by atoms with Gasteiger partial charge in [0.05, 0.1) is 18.4 Å². The molecule has 2 aliphatic rings. The molecule has 2 heterocycles. The topological polar surface area (TPSA) is 117 Å². The van der Waals surface area contributed by atoms with E-state index in [2.05, 4.69) is 15.5 Å². The lowest BCUT2D eigenvalue weighted by Gasteiger charge is -2.42. The molecule has 1 atom stereocenters. The highest BCUT2D eigenvalue weighted by molar-refractivity contribution is 6.05. The molecule has 0 spiro atoms. The number of allylic oxidation sites excluding steroid dienone is 1. The van der Waals surface area contributed by atoms with Crippen LogP contribution >= 0.6 is 0 Å². The molecule has 0 aromatic heterocycles. The van der Waals surface area contributed by atoms with Crippen LogP contribution in [0.4, 0.5) is 10.5 Å². The van der Waals surface area contributed by atoms with Gasteiger partial charge in [-0.3, -0.25) is 9.69 Å². The van der Waals surface area contributed by atoms with Crippen molar-refractivity contribution in [1.82, 2.24) is 10.2 Å². The maximum Gasteiger partial charge on any atom is 0.341 e. The molecule has 1 saturated heterocycles. The van der Waals surface area contributed by atoms with Gasteiger partial charge in [0.15, 0.2) is 0 Å². The number of carboxylic acids is 1. The predicted molar refractivity (Wildman–Crippen MR) is 133 cm³/mol. The second-order valence-electron chi connectivity index (χ2n) is 9.31. The molecule has 9 nitrogen and oxygen atoms in total. The molecule has 0 radical (unpaired) electrons. The summed E-state index contributed by atoms with van der Waals surface area (Å²) in [6.45, 7) is 7.43. The Labute approximate surface area is 206 Å². The number of urea groups is 1. The number of anilines is 1. The fraction of sp³-hybridized carbons (Fsp3) is 0.577. The lowest BCUT2D eigenvalue weighted by molar-refractivity contribution is -0.153. The zero-order chi connectivity index (χ0) is 25.8. The van der Waals surface area contributed by atoms with Crippen molar-refractivity contribution >= 4 is 23.7 Å². The number of esters is 1. The van der Waals surface area contributed by atoms with Crippen LogP contribution in [-0.4, -0.2) is 60.8 Å². The molecule has 1 aromatic carbocycles. The first-order chi connectivity index (χ1) is 16.7. The molecular formula is C26H37N3O6. The van der Waals surface area contributed by atoms with E-state index in [-0.39, 0.29) is 6.61 Å². The summed E-state index contributed by atoms with van der Waals surface area (Å²) in [5, 5.41) is 15.5. The number of amides is 2. The Balaban J connectivity index is 2.00. The summed E-state index contributed by atoms with van der Waals surface area (Å²) in [5.41, 5.74) is 2.82. The van der Waals surface area contributed by atoms with Crippen molar-refractivity contribution in [2.24, 2.45) is 0 Å². The standard InChI is InChI=1S/C26H37N3O6/c1-6-26(24(31)32,29-12-8-7-9-13-29)14-16(2)10-11-18-21(28-25(33)27-4)20-19(15-35-23(20)30)17(3)22(18)34-5/h10H,6-9,11-15H2,1-5H3,(H,31,32)(H2,27,28,33)/b16-10+. The van der Waals surface area contributed by atoms with Gasteiger partial charge in [-0.05, 0) is 64.6 Å². The fourth-order valence-corrected chi connectivity index (χ4v) is 5.32. The minimum absolute atomic E-state index is 0.126. The Bertz CT molecular complexity index is 1030. The van der Waals surface area contributed by atoms with Crippen molar-refractivity contribution in [3.8, 4) is 5.75 Å². The smallest absolute Gasteiger partial charge is 0.341 e. The van der Waals surface area contributed by atoms with Crippen molar-refractivity contribution in [2.45, 2.75) is 71.4 Å². The summed E-state index contributed by atoms with van der Waals surface area (Å²) < 4.78 is 11.0. The lowest BCUT2D eigenvalue weighted by Crippen LogP contribution is -2.56. The molecule has 35 heavy (non-hydrogen) atoms. The first-order valence-corrected chi connectivity index (χ1v) is 12.2. The van der Waals surface area contributed by atoms with Gasteiger partial charge in [0.1, 0.15) is 17.9 Å². The SMILES string of the molecule is CCC(C/C(C)=C/Cc1c(NC(=O)NC)c2c(c(C)c1OC)COC2=O)(C(=O)O)N1CCCCC1. The van der Waals surface area contributed by atoms with Crippen LogP contribution in [0, 0.1) is 6.92 Å². The Morgan fingerprint density at radius 3 is 2.51 bits per heavy atom. The van der Waals surface area contributed by atoms with E-state index in [4.69, 9.17) is 9.47 Å². The maximum absolute atomic E-state index is 12.6. The zero-order valence-corrected chi connectivity index (χ0v) is 21.4. The van der Waals surface area contributed by atoms with Gasteiger partial charge in [0.25, 0.3) is 0 Å². The number of rotatable bonds is 9. The number of carboxylic acid groups (broad SMARTS) is 1. The van der Waals surface area contributed by atoms with Crippen LogP contribution in [0.3, 0.4) is 0 Å². The summed E-state index contributed by atoms with van der Waals surface area (Å²) in [6, 6.07) is -0.458. The van der Waals surface area contributed by atoms with Crippen molar-refractivity contribution in [2.75, 3.05) is 32.6 Å². The number of fused-ring (bicyclic) bond motifs is 1. The van der Waals surface area contributed by atoms with E-state index in [0.29, 0.717) is 47.4 Å². The van der Waals surface area contributed by atoms with E-state index in [9.17, 15) is 19.5 Å². The van der Waals surface area contributed by atoms with E-state index < -0.39 is 23.5 Å². The Morgan fingerprint density at radius 1 is 1.26 bits per heavy atom. The van der Waals surface area contributed by atoms with Crippen molar-refractivity contribution < 1.29 is 29.0 Å². The zero-order valence-electron chi connectivity index (χ0n) is 21.4. The van der Waals surface area contributed by atoms with Gasteiger partial charge in [-0.1, -0.05) is 25.0 Å². The van der Waals surface area contributed by atoms with Crippen molar-refractivity contribution in [1.29, 1.82) is 0 Å². The highest BCUT2D eigenvalue weighted by Gasteiger charge is 2.43. The molecule has 3 N–H and O–H groups in total. The van der Waals surface area contributed by atoms with Gasteiger partial charge < -0.3 is 25.2 Å². The molecule has 2 amide bonds. The number of likely N-dealkylation sites (tertiary alicyclic amines) is 1. The van der Waals surface area contributed by atoms with Crippen LogP contribution in [0.25, 0.3) is 0 Å². The molecule has 1 fully saturated rings. The average Bonchev–Trinajstić information content (AvgIpc) is 3.25. The number of carbonyl (C=O) groups excluding carboxylic acids is 2. The first kappa shape index (κ1) is 26.5. The van der Waals surface area contributed by atoms with Crippen LogP contribution in [0.1, 0.15) is 73.0 Å². The number of ether oxygens (including phenoxy) is 2. The third kappa shape index (κ3) is 5.15. The number of nitrogens with one attached hydrogen (secondary N) is 2. The highest BCUT2D eigenvalue weighted by atomic mass is 16.5. The quantitative estimate of drug-likeness (QED) is 0.356. The molecule has 1 unspecified atom stereocenters. The Hall–Kier alpha value is -3.07. The number of benzene rings is 1. The number of carbonyl (C=O) groups is 3. The summed E-state index contributed by atoms with van der Waals surface area (Å²) >= 11 is 0. The molecular weight excluding hydrogens is 450 g/mol. The third-order valence-electron chi connectivity index (χ3n) is 7.31. The van der Waals surface area contributed by atoms with Gasteiger partial charge in [0.2, 0.25) is 0 Å². The summed E-state index contributed by atoms with van der Waals surface area (Å²) in [4.78, 5) is 39.4. The molecule has 2 aliphatic heterocycles. The van der Waals surface area contributed by atoms with Crippen LogP contribution in [0.15, 0.2) is 11.6 Å². The molecule has 3 rings (SSSR count).